The normalized spacial score (nSPS) is 17.6. The fourth-order valence-corrected chi connectivity index (χ4v) is 3.48. The molecular formula is C20H34N4O. The van der Waals surface area contributed by atoms with E-state index in [0.29, 0.717) is 6.04 Å². The lowest BCUT2D eigenvalue weighted by Crippen LogP contribution is -2.53. The standard InChI is InChI=1S/C20H34N4O/c1-4-19(18-10-7-6-8-11-18)23-13-15-24(16-14-23)20(21-3)22-12-9-17-25-5-2/h6-8,10-11,19H,4-5,9,12-17H2,1-3H3,(H,21,22). The molecule has 0 bridgehead atoms. The average molecular weight is 347 g/mol. The maximum absolute atomic E-state index is 5.39. The third-order valence-electron chi connectivity index (χ3n) is 4.79. The minimum Gasteiger partial charge on any atom is -0.382 e. The maximum atomic E-state index is 5.39. The number of aliphatic imine (C=N–C) groups is 1. The lowest BCUT2D eigenvalue weighted by molar-refractivity contribution is 0.126. The minimum absolute atomic E-state index is 0.518. The van der Waals surface area contributed by atoms with E-state index in [1.807, 2.05) is 14.0 Å². The van der Waals surface area contributed by atoms with E-state index >= 15 is 0 Å². The van der Waals surface area contributed by atoms with Crippen LogP contribution in [0.2, 0.25) is 0 Å². The van der Waals surface area contributed by atoms with E-state index in [1.54, 1.807) is 0 Å². The second-order valence-electron chi connectivity index (χ2n) is 6.38. The summed E-state index contributed by atoms with van der Waals surface area (Å²) in [5, 5.41) is 3.47. The molecule has 1 fully saturated rings. The molecule has 0 aromatic heterocycles. The first-order chi connectivity index (χ1) is 12.3. The van der Waals surface area contributed by atoms with E-state index in [4.69, 9.17) is 4.74 Å². The highest BCUT2D eigenvalue weighted by Gasteiger charge is 2.25. The predicted molar refractivity (Wildman–Crippen MR) is 105 cm³/mol. The summed E-state index contributed by atoms with van der Waals surface area (Å²) in [6.45, 7) is 11.0. The van der Waals surface area contributed by atoms with Gasteiger partial charge in [-0.3, -0.25) is 9.89 Å². The van der Waals surface area contributed by atoms with Crippen LogP contribution < -0.4 is 5.32 Å². The highest BCUT2D eigenvalue weighted by atomic mass is 16.5. The van der Waals surface area contributed by atoms with Crippen LogP contribution in [0.5, 0.6) is 0 Å². The van der Waals surface area contributed by atoms with Crippen LogP contribution in [0.4, 0.5) is 0 Å². The van der Waals surface area contributed by atoms with Crippen LogP contribution in [0.15, 0.2) is 35.3 Å². The van der Waals surface area contributed by atoms with E-state index in [0.717, 1.165) is 64.7 Å². The van der Waals surface area contributed by atoms with Crippen molar-refractivity contribution < 1.29 is 4.74 Å². The summed E-state index contributed by atoms with van der Waals surface area (Å²) in [5.41, 5.74) is 1.43. The quantitative estimate of drug-likeness (QED) is 0.446. The van der Waals surface area contributed by atoms with Crippen molar-refractivity contribution in [1.82, 2.24) is 15.1 Å². The molecule has 1 aliphatic heterocycles. The molecule has 1 atom stereocenters. The Morgan fingerprint density at radius 2 is 1.88 bits per heavy atom. The molecule has 2 rings (SSSR count). The van der Waals surface area contributed by atoms with Gasteiger partial charge in [0.05, 0.1) is 0 Å². The minimum atomic E-state index is 0.518. The molecule has 1 unspecified atom stereocenters. The highest BCUT2D eigenvalue weighted by molar-refractivity contribution is 5.79. The van der Waals surface area contributed by atoms with Crippen LogP contribution in [0.3, 0.4) is 0 Å². The van der Waals surface area contributed by atoms with Crippen molar-refractivity contribution in [3.05, 3.63) is 35.9 Å². The number of ether oxygens (including phenoxy) is 1. The van der Waals surface area contributed by atoms with Crippen molar-refractivity contribution in [3.8, 4) is 0 Å². The second kappa shape index (κ2) is 11.1. The van der Waals surface area contributed by atoms with Gasteiger partial charge in [-0.2, -0.15) is 0 Å². The smallest absolute Gasteiger partial charge is 0.193 e. The Hall–Kier alpha value is -1.59. The third-order valence-corrected chi connectivity index (χ3v) is 4.79. The van der Waals surface area contributed by atoms with Crippen molar-refractivity contribution in [2.24, 2.45) is 4.99 Å². The summed E-state index contributed by atoms with van der Waals surface area (Å²) in [5.74, 6) is 1.02. The SMILES string of the molecule is CCOCCCNC(=NC)N1CCN(C(CC)c2ccccc2)CC1. The van der Waals surface area contributed by atoms with Gasteiger partial charge in [0, 0.05) is 59.0 Å². The first-order valence-electron chi connectivity index (χ1n) is 9.62. The monoisotopic (exact) mass is 346 g/mol. The number of rotatable bonds is 8. The van der Waals surface area contributed by atoms with Gasteiger partial charge in [-0.05, 0) is 25.3 Å². The molecule has 5 heteroatoms. The van der Waals surface area contributed by atoms with Gasteiger partial charge in [-0.25, -0.2) is 0 Å². The first-order valence-corrected chi connectivity index (χ1v) is 9.62. The van der Waals surface area contributed by atoms with Crippen LogP contribution in [0, 0.1) is 0 Å². The fraction of sp³-hybridized carbons (Fsp3) is 0.650. The number of guanidine groups is 1. The van der Waals surface area contributed by atoms with Crippen molar-refractivity contribution in [2.75, 3.05) is 53.0 Å². The zero-order valence-electron chi connectivity index (χ0n) is 16.1. The van der Waals surface area contributed by atoms with E-state index in [-0.39, 0.29) is 0 Å². The van der Waals surface area contributed by atoms with Gasteiger partial charge in [0.15, 0.2) is 5.96 Å². The number of hydrogen-bond acceptors (Lipinski definition) is 3. The molecule has 1 saturated heterocycles. The lowest BCUT2D eigenvalue weighted by atomic mass is 10.0. The van der Waals surface area contributed by atoms with Gasteiger partial charge in [-0.1, -0.05) is 37.3 Å². The number of nitrogens with zero attached hydrogens (tertiary/aromatic N) is 3. The van der Waals surface area contributed by atoms with Gasteiger partial charge in [0.1, 0.15) is 0 Å². The van der Waals surface area contributed by atoms with Crippen molar-refractivity contribution in [2.45, 2.75) is 32.7 Å². The molecule has 0 radical (unpaired) electrons. The molecule has 5 nitrogen and oxygen atoms in total. The van der Waals surface area contributed by atoms with Crippen LogP contribution in [0.1, 0.15) is 38.3 Å². The lowest BCUT2D eigenvalue weighted by Gasteiger charge is -2.40. The van der Waals surface area contributed by atoms with Gasteiger partial charge in [0.2, 0.25) is 0 Å². The van der Waals surface area contributed by atoms with Crippen LogP contribution >= 0.6 is 0 Å². The van der Waals surface area contributed by atoms with Gasteiger partial charge in [-0.15, -0.1) is 0 Å². The van der Waals surface area contributed by atoms with Gasteiger partial charge < -0.3 is 15.0 Å². The molecule has 1 N–H and O–H groups in total. The van der Waals surface area contributed by atoms with Crippen molar-refractivity contribution in [3.63, 3.8) is 0 Å². The summed E-state index contributed by atoms with van der Waals surface area (Å²) < 4.78 is 5.39. The molecule has 1 aliphatic rings. The van der Waals surface area contributed by atoms with E-state index < -0.39 is 0 Å². The Labute approximate surface area is 153 Å². The van der Waals surface area contributed by atoms with Gasteiger partial charge >= 0.3 is 0 Å². The van der Waals surface area contributed by atoms with Crippen molar-refractivity contribution in [1.29, 1.82) is 0 Å². The van der Waals surface area contributed by atoms with E-state index in [2.05, 4.69) is 57.4 Å². The first kappa shape index (κ1) is 19.7. The number of hydrogen-bond donors (Lipinski definition) is 1. The topological polar surface area (TPSA) is 40.1 Å². The fourth-order valence-electron chi connectivity index (χ4n) is 3.48. The molecule has 0 aliphatic carbocycles. The molecule has 1 aromatic carbocycles. The second-order valence-corrected chi connectivity index (χ2v) is 6.38. The van der Waals surface area contributed by atoms with Crippen LogP contribution in [-0.4, -0.2) is 68.7 Å². The molecule has 0 amide bonds. The number of piperazine rings is 1. The molecule has 140 valence electrons. The molecular weight excluding hydrogens is 312 g/mol. The van der Waals surface area contributed by atoms with Gasteiger partial charge in [0.25, 0.3) is 0 Å². The van der Waals surface area contributed by atoms with Crippen molar-refractivity contribution >= 4 is 5.96 Å². The summed E-state index contributed by atoms with van der Waals surface area (Å²) in [6, 6.07) is 11.4. The molecule has 0 saturated carbocycles. The summed E-state index contributed by atoms with van der Waals surface area (Å²) >= 11 is 0. The largest absolute Gasteiger partial charge is 0.382 e. The summed E-state index contributed by atoms with van der Waals surface area (Å²) in [7, 11) is 1.87. The summed E-state index contributed by atoms with van der Waals surface area (Å²) in [6.07, 6.45) is 2.16. The molecule has 1 aromatic rings. The summed E-state index contributed by atoms with van der Waals surface area (Å²) in [4.78, 5) is 9.43. The molecule has 25 heavy (non-hydrogen) atoms. The van der Waals surface area contributed by atoms with Crippen LogP contribution in [0.25, 0.3) is 0 Å². The Morgan fingerprint density at radius 1 is 1.16 bits per heavy atom. The zero-order valence-corrected chi connectivity index (χ0v) is 16.1. The highest BCUT2D eigenvalue weighted by Crippen LogP contribution is 2.25. The molecule has 1 heterocycles. The number of nitrogens with one attached hydrogen (secondary N) is 1. The molecule has 0 spiro atoms. The maximum Gasteiger partial charge on any atom is 0.193 e. The zero-order chi connectivity index (χ0) is 17.9. The third kappa shape index (κ3) is 6.01. The van der Waals surface area contributed by atoms with E-state index in [1.165, 1.54) is 5.56 Å². The predicted octanol–water partition coefficient (Wildman–Crippen LogP) is 2.76. The average Bonchev–Trinajstić information content (AvgIpc) is 2.67. The number of benzene rings is 1. The Bertz CT molecular complexity index is 498. The Morgan fingerprint density at radius 3 is 2.48 bits per heavy atom. The Balaban J connectivity index is 1.81. The van der Waals surface area contributed by atoms with E-state index in [9.17, 15) is 0 Å². The van der Waals surface area contributed by atoms with Crippen LogP contribution in [-0.2, 0) is 4.74 Å². The Kier molecular flexibility index (Phi) is 8.77.